The van der Waals surface area contributed by atoms with Gasteiger partial charge in [0.15, 0.2) is 0 Å². The number of carbonyl (C=O) groups is 1. The van der Waals surface area contributed by atoms with Crippen LogP contribution in [0.15, 0.2) is 53.4 Å². The minimum Gasteiger partial charge on any atom is -0.497 e. The molecule has 0 radical (unpaired) electrons. The van der Waals surface area contributed by atoms with Crippen molar-refractivity contribution in [1.82, 2.24) is 9.62 Å². The first-order valence-electron chi connectivity index (χ1n) is 8.91. The van der Waals surface area contributed by atoms with Crippen LogP contribution in [0, 0.1) is 12.3 Å². The lowest BCUT2D eigenvalue weighted by atomic mass is 10.1. The van der Waals surface area contributed by atoms with Crippen LogP contribution >= 0.6 is 0 Å². The number of carbonyl (C=O) groups excluding carboxylic acids is 1. The Bertz CT molecular complexity index is 990. The third-order valence-corrected chi connectivity index (χ3v) is 5.91. The van der Waals surface area contributed by atoms with E-state index in [0.29, 0.717) is 12.1 Å². The third-order valence-electron chi connectivity index (χ3n) is 4.52. The molecule has 2 aromatic carbocycles. The standard InChI is InChI=1S/C21H22N2O4S/c1-3-13-22-28(25,26)20-6-4-5-17(14-20)21(24)23(18-9-10-18)15-16-7-11-19(27-2)12-8-16/h1,4-8,11-12,14,18,22H,9-10,13,15H2,2H3. The summed E-state index contributed by atoms with van der Waals surface area (Å²) in [5.41, 5.74) is 1.32. The summed E-state index contributed by atoms with van der Waals surface area (Å²) < 4.78 is 32.1. The average Bonchev–Trinajstić information content (AvgIpc) is 3.56. The van der Waals surface area contributed by atoms with Crippen LogP contribution in [0.5, 0.6) is 5.75 Å². The van der Waals surface area contributed by atoms with Gasteiger partial charge < -0.3 is 9.64 Å². The minimum absolute atomic E-state index is 0.0220. The fourth-order valence-corrected chi connectivity index (χ4v) is 3.84. The quantitative estimate of drug-likeness (QED) is 0.693. The SMILES string of the molecule is C#CCNS(=O)(=O)c1cccc(C(=O)N(Cc2ccc(OC)cc2)C2CC2)c1. The van der Waals surface area contributed by atoms with Gasteiger partial charge in [0.25, 0.3) is 5.91 Å². The molecule has 0 spiro atoms. The predicted octanol–water partition coefficient (Wildman–Crippen LogP) is 2.41. The zero-order valence-corrected chi connectivity index (χ0v) is 16.4. The summed E-state index contributed by atoms with van der Waals surface area (Å²) in [6, 6.07) is 13.8. The van der Waals surface area contributed by atoms with Crippen LogP contribution in [0.3, 0.4) is 0 Å². The summed E-state index contributed by atoms with van der Waals surface area (Å²) in [6.07, 6.45) is 7.01. The van der Waals surface area contributed by atoms with Gasteiger partial charge in [-0.05, 0) is 48.7 Å². The molecular formula is C21H22N2O4S. The van der Waals surface area contributed by atoms with Gasteiger partial charge >= 0.3 is 0 Å². The highest BCUT2D eigenvalue weighted by atomic mass is 32.2. The van der Waals surface area contributed by atoms with E-state index in [9.17, 15) is 13.2 Å². The van der Waals surface area contributed by atoms with E-state index in [0.717, 1.165) is 24.2 Å². The molecule has 1 amide bonds. The lowest BCUT2D eigenvalue weighted by Gasteiger charge is -2.23. The van der Waals surface area contributed by atoms with Crippen molar-refractivity contribution in [3.63, 3.8) is 0 Å². The van der Waals surface area contributed by atoms with Crippen molar-refractivity contribution in [2.75, 3.05) is 13.7 Å². The van der Waals surface area contributed by atoms with Crippen LogP contribution in [0.2, 0.25) is 0 Å². The number of terminal acetylenes is 1. The molecule has 2 aromatic rings. The Balaban J connectivity index is 1.82. The fourth-order valence-electron chi connectivity index (χ4n) is 2.86. The molecule has 0 aliphatic heterocycles. The first-order valence-corrected chi connectivity index (χ1v) is 10.4. The molecule has 0 saturated heterocycles. The molecule has 0 unspecified atom stereocenters. The van der Waals surface area contributed by atoms with E-state index in [1.165, 1.54) is 12.1 Å². The van der Waals surface area contributed by atoms with E-state index < -0.39 is 10.0 Å². The molecule has 1 fully saturated rings. The summed E-state index contributed by atoms with van der Waals surface area (Å²) in [5, 5.41) is 0. The number of benzene rings is 2. The molecule has 28 heavy (non-hydrogen) atoms. The van der Waals surface area contributed by atoms with Crippen LogP contribution < -0.4 is 9.46 Å². The Morgan fingerprint density at radius 2 is 1.96 bits per heavy atom. The number of methoxy groups -OCH3 is 1. The molecular weight excluding hydrogens is 376 g/mol. The second-order valence-electron chi connectivity index (χ2n) is 6.57. The maximum absolute atomic E-state index is 13.1. The van der Waals surface area contributed by atoms with Gasteiger partial charge in [0.2, 0.25) is 10.0 Å². The molecule has 6 nitrogen and oxygen atoms in total. The summed E-state index contributed by atoms with van der Waals surface area (Å²) in [5.74, 6) is 2.80. The van der Waals surface area contributed by atoms with Gasteiger partial charge in [-0.15, -0.1) is 6.42 Å². The molecule has 146 valence electrons. The molecule has 1 saturated carbocycles. The maximum atomic E-state index is 13.1. The number of nitrogens with zero attached hydrogens (tertiary/aromatic N) is 1. The van der Waals surface area contributed by atoms with Crippen molar-refractivity contribution in [3.05, 3.63) is 59.7 Å². The van der Waals surface area contributed by atoms with E-state index in [1.54, 1.807) is 24.1 Å². The number of ether oxygens (including phenoxy) is 1. The van der Waals surface area contributed by atoms with E-state index >= 15 is 0 Å². The van der Waals surface area contributed by atoms with Crippen LogP contribution in [-0.2, 0) is 16.6 Å². The molecule has 0 heterocycles. The second kappa shape index (κ2) is 8.46. The van der Waals surface area contributed by atoms with E-state index in [1.807, 2.05) is 24.3 Å². The minimum atomic E-state index is -3.75. The average molecular weight is 398 g/mol. The number of rotatable bonds is 8. The van der Waals surface area contributed by atoms with E-state index in [-0.39, 0.29) is 23.4 Å². The van der Waals surface area contributed by atoms with Crippen molar-refractivity contribution >= 4 is 15.9 Å². The monoisotopic (exact) mass is 398 g/mol. The molecule has 3 rings (SSSR count). The van der Waals surface area contributed by atoms with Crippen LogP contribution in [0.1, 0.15) is 28.8 Å². The van der Waals surface area contributed by atoms with E-state index in [2.05, 4.69) is 10.6 Å². The summed E-state index contributed by atoms with van der Waals surface area (Å²) in [6.45, 7) is 0.353. The largest absolute Gasteiger partial charge is 0.497 e. The van der Waals surface area contributed by atoms with Gasteiger partial charge in [-0.1, -0.05) is 24.1 Å². The second-order valence-corrected chi connectivity index (χ2v) is 8.34. The highest BCUT2D eigenvalue weighted by molar-refractivity contribution is 7.89. The summed E-state index contributed by atoms with van der Waals surface area (Å²) >= 11 is 0. The lowest BCUT2D eigenvalue weighted by molar-refractivity contribution is 0.0729. The Morgan fingerprint density at radius 1 is 1.25 bits per heavy atom. The molecule has 0 bridgehead atoms. The number of sulfonamides is 1. The molecule has 7 heteroatoms. The zero-order chi connectivity index (χ0) is 20.1. The summed E-state index contributed by atoms with van der Waals surface area (Å²) in [7, 11) is -2.15. The number of hydrogen-bond acceptors (Lipinski definition) is 4. The Hall–Kier alpha value is -2.82. The van der Waals surface area contributed by atoms with Crippen molar-refractivity contribution in [2.45, 2.75) is 30.3 Å². The van der Waals surface area contributed by atoms with Gasteiger partial charge in [0.1, 0.15) is 5.75 Å². The van der Waals surface area contributed by atoms with E-state index in [4.69, 9.17) is 11.2 Å². The fraction of sp³-hybridized carbons (Fsp3) is 0.286. The highest BCUT2D eigenvalue weighted by Gasteiger charge is 2.33. The van der Waals surface area contributed by atoms with Crippen LogP contribution in [-0.4, -0.2) is 38.9 Å². The number of amides is 1. The lowest BCUT2D eigenvalue weighted by Crippen LogP contribution is -2.33. The van der Waals surface area contributed by atoms with Crippen molar-refractivity contribution < 1.29 is 17.9 Å². The normalized spacial score (nSPS) is 13.6. The molecule has 0 aromatic heterocycles. The van der Waals surface area contributed by atoms with Crippen LogP contribution in [0.4, 0.5) is 0 Å². The maximum Gasteiger partial charge on any atom is 0.254 e. The van der Waals surface area contributed by atoms with Crippen molar-refractivity contribution in [1.29, 1.82) is 0 Å². The number of hydrogen-bond donors (Lipinski definition) is 1. The molecule has 0 atom stereocenters. The van der Waals surface area contributed by atoms with Gasteiger partial charge in [-0.25, -0.2) is 8.42 Å². The Labute approximate surface area is 165 Å². The van der Waals surface area contributed by atoms with Gasteiger partial charge in [-0.2, -0.15) is 4.72 Å². The zero-order valence-electron chi connectivity index (χ0n) is 15.6. The van der Waals surface area contributed by atoms with Crippen molar-refractivity contribution in [3.8, 4) is 18.1 Å². The molecule has 1 N–H and O–H groups in total. The Kier molecular flexibility index (Phi) is 6.02. The molecule has 1 aliphatic carbocycles. The topological polar surface area (TPSA) is 75.7 Å². The summed E-state index contributed by atoms with van der Waals surface area (Å²) in [4.78, 5) is 14.9. The smallest absolute Gasteiger partial charge is 0.254 e. The first-order chi connectivity index (χ1) is 13.4. The first kappa shape index (κ1) is 19.9. The van der Waals surface area contributed by atoms with Gasteiger partial charge in [-0.3, -0.25) is 4.79 Å². The van der Waals surface area contributed by atoms with Gasteiger partial charge in [0, 0.05) is 18.2 Å². The highest BCUT2D eigenvalue weighted by Crippen LogP contribution is 2.30. The molecule has 1 aliphatic rings. The van der Waals surface area contributed by atoms with Gasteiger partial charge in [0.05, 0.1) is 18.6 Å². The Morgan fingerprint density at radius 3 is 2.57 bits per heavy atom. The van der Waals surface area contributed by atoms with Crippen LogP contribution in [0.25, 0.3) is 0 Å². The third kappa shape index (κ3) is 4.71. The predicted molar refractivity (Wildman–Crippen MR) is 106 cm³/mol. The van der Waals surface area contributed by atoms with Crippen molar-refractivity contribution in [2.24, 2.45) is 0 Å². The number of nitrogens with one attached hydrogen (secondary N) is 1.